The van der Waals surface area contributed by atoms with Crippen molar-refractivity contribution >= 4 is 0 Å². The second-order valence-electron chi connectivity index (χ2n) is 5.22. The molecule has 0 saturated carbocycles. The number of benzene rings is 1. The van der Waals surface area contributed by atoms with Crippen LogP contribution in [-0.2, 0) is 0 Å². The number of methoxy groups -OCH3 is 1. The van der Waals surface area contributed by atoms with E-state index in [1.54, 1.807) is 7.11 Å². The Labute approximate surface area is 110 Å². The number of hydrogen-bond acceptors (Lipinski definition) is 3. The van der Waals surface area contributed by atoms with Gasteiger partial charge in [0.25, 0.3) is 0 Å². The van der Waals surface area contributed by atoms with E-state index in [9.17, 15) is 5.11 Å². The Morgan fingerprint density at radius 2 is 1.94 bits per heavy atom. The smallest absolute Gasteiger partial charge is 0.119 e. The molecule has 3 nitrogen and oxygen atoms in total. The molecule has 0 fully saturated rings. The predicted molar refractivity (Wildman–Crippen MR) is 74.9 cm³/mol. The number of rotatable bonds is 6. The minimum Gasteiger partial charge on any atom is -0.497 e. The van der Waals surface area contributed by atoms with Crippen molar-refractivity contribution in [1.29, 1.82) is 0 Å². The number of aliphatic hydroxyl groups excluding tert-OH is 1. The van der Waals surface area contributed by atoms with E-state index < -0.39 is 6.10 Å². The zero-order valence-corrected chi connectivity index (χ0v) is 12.1. The molecule has 0 heterocycles. The molecule has 1 aromatic rings. The van der Waals surface area contributed by atoms with Gasteiger partial charge in [-0.1, -0.05) is 26.0 Å². The highest BCUT2D eigenvalue weighted by atomic mass is 16.5. The Morgan fingerprint density at radius 1 is 1.28 bits per heavy atom. The first-order chi connectivity index (χ1) is 8.45. The van der Waals surface area contributed by atoms with Gasteiger partial charge in [-0.05, 0) is 37.6 Å². The Morgan fingerprint density at radius 3 is 2.50 bits per heavy atom. The average molecular weight is 251 g/mol. The monoisotopic (exact) mass is 251 g/mol. The topological polar surface area (TPSA) is 32.7 Å². The molecule has 0 aliphatic rings. The van der Waals surface area contributed by atoms with Crippen LogP contribution in [0, 0.1) is 5.92 Å². The molecular formula is C15H25NO2. The highest BCUT2D eigenvalue weighted by molar-refractivity contribution is 5.29. The van der Waals surface area contributed by atoms with Crippen molar-refractivity contribution in [2.75, 3.05) is 20.7 Å². The molecule has 0 bridgehead atoms. The van der Waals surface area contributed by atoms with Gasteiger partial charge < -0.3 is 14.7 Å². The second-order valence-corrected chi connectivity index (χ2v) is 5.22. The largest absolute Gasteiger partial charge is 0.497 e. The summed E-state index contributed by atoms with van der Waals surface area (Å²) >= 11 is 0. The van der Waals surface area contributed by atoms with Crippen LogP contribution in [0.1, 0.15) is 32.4 Å². The van der Waals surface area contributed by atoms with Gasteiger partial charge >= 0.3 is 0 Å². The lowest BCUT2D eigenvalue weighted by Crippen LogP contribution is -2.36. The summed E-state index contributed by atoms with van der Waals surface area (Å²) in [4.78, 5) is 2.19. The van der Waals surface area contributed by atoms with E-state index in [0.717, 1.165) is 11.3 Å². The Kier molecular flexibility index (Phi) is 5.63. The van der Waals surface area contributed by atoms with E-state index in [1.807, 2.05) is 31.3 Å². The predicted octanol–water partition coefficient (Wildman–Crippen LogP) is 2.70. The van der Waals surface area contributed by atoms with Gasteiger partial charge in [-0.25, -0.2) is 0 Å². The van der Waals surface area contributed by atoms with Crippen LogP contribution in [0.3, 0.4) is 0 Å². The van der Waals surface area contributed by atoms with Gasteiger partial charge in [0.2, 0.25) is 0 Å². The molecule has 1 rings (SSSR count). The maximum Gasteiger partial charge on any atom is 0.119 e. The number of ether oxygens (including phenoxy) is 1. The lowest BCUT2D eigenvalue weighted by molar-refractivity contribution is 0.0953. The molecule has 3 heteroatoms. The zero-order chi connectivity index (χ0) is 13.7. The first-order valence-corrected chi connectivity index (χ1v) is 6.48. The number of aliphatic hydroxyl groups is 1. The normalized spacial score (nSPS) is 14.9. The highest BCUT2D eigenvalue weighted by Crippen LogP contribution is 2.21. The standard InChI is InChI=1S/C15H25NO2/c1-11(2)12(3)16(4)10-15(17)13-7-6-8-14(9-13)18-5/h6-9,11-12,15,17H,10H2,1-5H3. The highest BCUT2D eigenvalue weighted by Gasteiger charge is 2.17. The summed E-state index contributed by atoms with van der Waals surface area (Å²) in [6, 6.07) is 8.06. The average Bonchev–Trinajstić information content (AvgIpc) is 2.37. The Balaban J connectivity index is 2.66. The van der Waals surface area contributed by atoms with Crippen LogP contribution in [-0.4, -0.2) is 36.8 Å². The van der Waals surface area contributed by atoms with Crippen LogP contribution >= 0.6 is 0 Å². The summed E-state index contributed by atoms with van der Waals surface area (Å²) < 4.78 is 5.17. The van der Waals surface area contributed by atoms with Crippen molar-refractivity contribution in [3.05, 3.63) is 29.8 Å². The molecule has 0 spiro atoms. The molecule has 102 valence electrons. The molecule has 0 aliphatic carbocycles. The molecule has 1 N–H and O–H groups in total. The molecule has 0 saturated heterocycles. The van der Waals surface area contributed by atoms with Crippen molar-refractivity contribution in [3.8, 4) is 5.75 Å². The van der Waals surface area contributed by atoms with Crippen molar-refractivity contribution in [2.45, 2.75) is 32.9 Å². The van der Waals surface area contributed by atoms with E-state index in [2.05, 4.69) is 25.7 Å². The maximum atomic E-state index is 10.2. The van der Waals surface area contributed by atoms with Gasteiger partial charge in [0.05, 0.1) is 13.2 Å². The number of nitrogens with zero attached hydrogens (tertiary/aromatic N) is 1. The summed E-state index contributed by atoms with van der Waals surface area (Å²) in [6.45, 7) is 7.20. The first-order valence-electron chi connectivity index (χ1n) is 6.48. The summed E-state index contributed by atoms with van der Waals surface area (Å²) in [5, 5.41) is 10.2. The lowest BCUT2D eigenvalue weighted by Gasteiger charge is -2.29. The third-order valence-electron chi connectivity index (χ3n) is 3.60. The van der Waals surface area contributed by atoms with Crippen LogP contribution in [0.2, 0.25) is 0 Å². The van der Waals surface area contributed by atoms with Crippen LogP contribution in [0.15, 0.2) is 24.3 Å². The van der Waals surface area contributed by atoms with Gasteiger partial charge in [-0.2, -0.15) is 0 Å². The quantitative estimate of drug-likeness (QED) is 0.844. The SMILES string of the molecule is COc1cccc(C(O)CN(C)C(C)C(C)C)c1. The maximum absolute atomic E-state index is 10.2. The molecule has 1 aromatic carbocycles. The number of hydrogen-bond donors (Lipinski definition) is 1. The summed E-state index contributed by atoms with van der Waals surface area (Å²) in [7, 11) is 3.69. The third kappa shape index (κ3) is 4.00. The molecule has 2 unspecified atom stereocenters. The molecule has 18 heavy (non-hydrogen) atoms. The van der Waals surface area contributed by atoms with Crippen LogP contribution in [0.4, 0.5) is 0 Å². The van der Waals surface area contributed by atoms with Gasteiger partial charge in [-0.3, -0.25) is 0 Å². The molecule has 0 radical (unpaired) electrons. The lowest BCUT2D eigenvalue weighted by atomic mass is 10.0. The first kappa shape index (κ1) is 15.0. The van der Waals surface area contributed by atoms with Gasteiger partial charge in [0.15, 0.2) is 0 Å². The third-order valence-corrected chi connectivity index (χ3v) is 3.60. The van der Waals surface area contributed by atoms with Crippen molar-refractivity contribution < 1.29 is 9.84 Å². The summed E-state index contributed by atoms with van der Waals surface area (Å²) in [5.74, 6) is 1.36. The van der Waals surface area contributed by atoms with E-state index in [4.69, 9.17) is 4.74 Å². The molecule has 0 amide bonds. The second kappa shape index (κ2) is 6.76. The van der Waals surface area contributed by atoms with Crippen molar-refractivity contribution in [3.63, 3.8) is 0 Å². The van der Waals surface area contributed by atoms with Crippen LogP contribution in [0.25, 0.3) is 0 Å². The minimum atomic E-state index is -0.480. The van der Waals surface area contributed by atoms with Crippen molar-refractivity contribution in [1.82, 2.24) is 4.90 Å². The number of likely N-dealkylation sites (N-methyl/N-ethyl adjacent to an activating group) is 1. The Hall–Kier alpha value is -1.06. The molecular weight excluding hydrogens is 226 g/mol. The molecule has 0 aromatic heterocycles. The summed E-state index contributed by atoms with van der Waals surface area (Å²) in [5.41, 5.74) is 0.900. The van der Waals surface area contributed by atoms with E-state index in [1.165, 1.54) is 0 Å². The molecule has 0 aliphatic heterocycles. The Bertz CT molecular complexity index is 365. The molecule has 2 atom stereocenters. The van der Waals surface area contributed by atoms with E-state index >= 15 is 0 Å². The van der Waals surface area contributed by atoms with E-state index in [0.29, 0.717) is 18.5 Å². The fourth-order valence-electron chi connectivity index (χ4n) is 1.90. The minimum absolute atomic E-state index is 0.449. The van der Waals surface area contributed by atoms with Gasteiger partial charge in [-0.15, -0.1) is 0 Å². The fourth-order valence-corrected chi connectivity index (χ4v) is 1.90. The van der Waals surface area contributed by atoms with Crippen LogP contribution < -0.4 is 4.74 Å². The zero-order valence-electron chi connectivity index (χ0n) is 12.1. The van der Waals surface area contributed by atoms with Crippen molar-refractivity contribution in [2.24, 2.45) is 5.92 Å². The van der Waals surface area contributed by atoms with Crippen LogP contribution in [0.5, 0.6) is 5.75 Å². The van der Waals surface area contributed by atoms with Gasteiger partial charge in [0, 0.05) is 12.6 Å². The summed E-state index contributed by atoms with van der Waals surface area (Å²) in [6.07, 6.45) is -0.480. The fraction of sp³-hybridized carbons (Fsp3) is 0.600. The van der Waals surface area contributed by atoms with E-state index in [-0.39, 0.29) is 0 Å². The van der Waals surface area contributed by atoms with Gasteiger partial charge in [0.1, 0.15) is 5.75 Å².